The molecule has 3 fully saturated rings. The molecule has 78 valence electrons. The van der Waals surface area contributed by atoms with E-state index in [1.54, 1.807) is 0 Å². The van der Waals surface area contributed by atoms with E-state index in [0.717, 1.165) is 25.6 Å². The number of nitrogens with zero attached hydrogens (tertiary/aromatic N) is 1. The molecule has 1 amide bonds. The van der Waals surface area contributed by atoms with Crippen LogP contribution in [0.1, 0.15) is 25.7 Å². The van der Waals surface area contributed by atoms with E-state index in [4.69, 9.17) is 0 Å². The summed E-state index contributed by atoms with van der Waals surface area (Å²) in [6.07, 6.45) is 5.05. The fourth-order valence-electron chi connectivity index (χ4n) is 2.87. The summed E-state index contributed by atoms with van der Waals surface area (Å²) in [5.41, 5.74) is 0. The van der Waals surface area contributed by atoms with Crippen molar-refractivity contribution in [3.05, 3.63) is 0 Å². The predicted molar refractivity (Wildman–Crippen MR) is 53.8 cm³/mol. The monoisotopic (exact) mass is 194 g/mol. The van der Waals surface area contributed by atoms with Crippen LogP contribution in [0.5, 0.6) is 0 Å². The first-order chi connectivity index (χ1) is 6.84. The summed E-state index contributed by atoms with van der Waals surface area (Å²) in [6, 6.07) is 0.574. The summed E-state index contributed by atoms with van der Waals surface area (Å²) in [5, 5.41) is 3.50. The number of likely N-dealkylation sites (tertiary alicyclic amines) is 1. The maximum Gasteiger partial charge on any atom is 0.226 e. The Morgan fingerprint density at radius 1 is 1.43 bits per heavy atom. The highest BCUT2D eigenvalue weighted by Crippen LogP contribution is 2.45. The number of hydrogen-bond donors (Lipinski definition) is 1. The van der Waals surface area contributed by atoms with Crippen LogP contribution < -0.4 is 5.32 Å². The molecule has 0 spiro atoms. The van der Waals surface area contributed by atoms with Crippen molar-refractivity contribution in [2.45, 2.75) is 31.7 Å². The fourth-order valence-corrected chi connectivity index (χ4v) is 2.87. The first-order valence-corrected chi connectivity index (χ1v) is 5.87. The number of fused-ring (bicyclic) bond motifs is 1. The van der Waals surface area contributed by atoms with Crippen LogP contribution in [-0.4, -0.2) is 36.5 Å². The SMILES string of the molecule is O=C1C2CC2CN1CC1CCCCN1. The molecular formula is C11H18N2O. The van der Waals surface area contributed by atoms with Crippen molar-refractivity contribution in [1.82, 2.24) is 10.2 Å². The average molecular weight is 194 g/mol. The van der Waals surface area contributed by atoms with Gasteiger partial charge in [-0.3, -0.25) is 4.79 Å². The Morgan fingerprint density at radius 2 is 2.36 bits per heavy atom. The zero-order valence-corrected chi connectivity index (χ0v) is 8.54. The molecule has 1 aliphatic carbocycles. The van der Waals surface area contributed by atoms with Crippen molar-refractivity contribution in [3.8, 4) is 0 Å². The van der Waals surface area contributed by atoms with Crippen LogP contribution in [0.15, 0.2) is 0 Å². The van der Waals surface area contributed by atoms with E-state index in [1.165, 1.54) is 25.7 Å². The minimum absolute atomic E-state index is 0.429. The molecule has 3 nitrogen and oxygen atoms in total. The van der Waals surface area contributed by atoms with E-state index in [2.05, 4.69) is 10.2 Å². The second kappa shape index (κ2) is 3.23. The maximum atomic E-state index is 11.7. The Bertz CT molecular complexity index is 248. The highest BCUT2D eigenvalue weighted by atomic mass is 16.2. The fraction of sp³-hybridized carbons (Fsp3) is 0.909. The van der Waals surface area contributed by atoms with Crippen molar-refractivity contribution in [2.24, 2.45) is 11.8 Å². The lowest BCUT2D eigenvalue weighted by molar-refractivity contribution is -0.130. The summed E-state index contributed by atoms with van der Waals surface area (Å²) >= 11 is 0. The first kappa shape index (κ1) is 8.72. The summed E-state index contributed by atoms with van der Waals surface area (Å²) < 4.78 is 0. The molecule has 14 heavy (non-hydrogen) atoms. The van der Waals surface area contributed by atoms with Gasteiger partial charge in [0.2, 0.25) is 5.91 Å². The molecule has 0 aromatic rings. The van der Waals surface area contributed by atoms with Crippen molar-refractivity contribution in [1.29, 1.82) is 0 Å². The van der Waals surface area contributed by atoms with Gasteiger partial charge in [-0.15, -0.1) is 0 Å². The van der Waals surface area contributed by atoms with E-state index in [1.807, 2.05) is 0 Å². The molecule has 0 radical (unpaired) electrons. The average Bonchev–Trinajstić information content (AvgIpc) is 2.91. The Labute approximate surface area is 84.8 Å². The van der Waals surface area contributed by atoms with Crippen molar-refractivity contribution < 1.29 is 4.79 Å². The van der Waals surface area contributed by atoms with Gasteiger partial charge in [-0.2, -0.15) is 0 Å². The largest absolute Gasteiger partial charge is 0.341 e. The van der Waals surface area contributed by atoms with Crippen LogP contribution in [0.25, 0.3) is 0 Å². The highest BCUT2D eigenvalue weighted by Gasteiger charge is 2.52. The molecule has 0 aromatic carbocycles. The first-order valence-electron chi connectivity index (χ1n) is 5.87. The molecule has 0 bridgehead atoms. The third kappa shape index (κ3) is 1.44. The Kier molecular flexibility index (Phi) is 2.01. The van der Waals surface area contributed by atoms with Crippen LogP contribution in [0.2, 0.25) is 0 Å². The van der Waals surface area contributed by atoms with Crippen LogP contribution >= 0.6 is 0 Å². The van der Waals surface area contributed by atoms with Gasteiger partial charge in [-0.05, 0) is 31.7 Å². The van der Waals surface area contributed by atoms with E-state index >= 15 is 0 Å². The maximum absolute atomic E-state index is 11.7. The second-order valence-electron chi connectivity index (χ2n) is 4.99. The molecule has 2 aliphatic heterocycles. The zero-order valence-electron chi connectivity index (χ0n) is 8.54. The third-order valence-corrected chi connectivity index (χ3v) is 3.86. The molecule has 3 rings (SSSR count). The van der Waals surface area contributed by atoms with Gasteiger partial charge in [-0.25, -0.2) is 0 Å². The van der Waals surface area contributed by atoms with Crippen LogP contribution in [0.3, 0.4) is 0 Å². The number of rotatable bonds is 2. The molecule has 1 saturated carbocycles. The van der Waals surface area contributed by atoms with Gasteiger partial charge in [0.15, 0.2) is 0 Å². The lowest BCUT2D eigenvalue weighted by Crippen LogP contribution is -2.44. The number of piperidine rings is 2. The normalized spacial score (nSPS) is 41.3. The van der Waals surface area contributed by atoms with E-state index in [-0.39, 0.29) is 0 Å². The second-order valence-corrected chi connectivity index (χ2v) is 4.99. The third-order valence-electron chi connectivity index (χ3n) is 3.86. The molecule has 2 saturated heterocycles. The molecule has 3 unspecified atom stereocenters. The zero-order chi connectivity index (χ0) is 9.54. The van der Waals surface area contributed by atoms with Crippen molar-refractivity contribution in [2.75, 3.05) is 19.6 Å². The molecule has 2 heterocycles. The number of nitrogens with one attached hydrogen (secondary N) is 1. The number of carbonyl (C=O) groups is 1. The van der Waals surface area contributed by atoms with E-state index in [9.17, 15) is 4.79 Å². The highest BCUT2D eigenvalue weighted by molar-refractivity contribution is 5.84. The molecule has 3 heteroatoms. The Morgan fingerprint density at radius 3 is 3.00 bits per heavy atom. The van der Waals surface area contributed by atoms with Crippen molar-refractivity contribution >= 4 is 5.91 Å². The van der Waals surface area contributed by atoms with Crippen molar-refractivity contribution in [3.63, 3.8) is 0 Å². The van der Waals surface area contributed by atoms with Crippen LogP contribution in [0, 0.1) is 11.8 Å². The molecule has 1 N–H and O–H groups in total. The molecular weight excluding hydrogens is 176 g/mol. The predicted octanol–water partition coefficient (Wildman–Crippen LogP) is 0.607. The van der Waals surface area contributed by atoms with Gasteiger partial charge < -0.3 is 10.2 Å². The summed E-state index contributed by atoms with van der Waals surface area (Å²) in [7, 11) is 0. The Balaban J connectivity index is 1.54. The summed E-state index contributed by atoms with van der Waals surface area (Å²) in [6.45, 7) is 3.15. The van der Waals surface area contributed by atoms with E-state index in [0.29, 0.717) is 17.9 Å². The van der Waals surface area contributed by atoms with Gasteiger partial charge in [0.05, 0.1) is 0 Å². The van der Waals surface area contributed by atoms with Gasteiger partial charge in [-0.1, -0.05) is 6.42 Å². The van der Waals surface area contributed by atoms with Gasteiger partial charge >= 0.3 is 0 Å². The molecule has 3 aliphatic rings. The van der Waals surface area contributed by atoms with Crippen LogP contribution in [-0.2, 0) is 4.79 Å². The number of amides is 1. The van der Waals surface area contributed by atoms with E-state index < -0.39 is 0 Å². The summed E-state index contributed by atoms with van der Waals surface area (Å²) in [5.74, 6) is 1.59. The lowest BCUT2D eigenvalue weighted by Gasteiger charge is -2.28. The van der Waals surface area contributed by atoms with Gasteiger partial charge in [0.25, 0.3) is 0 Å². The smallest absolute Gasteiger partial charge is 0.226 e. The van der Waals surface area contributed by atoms with Crippen LogP contribution in [0.4, 0.5) is 0 Å². The van der Waals surface area contributed by atoms with Gasteiger partial charge in [0.1, 0.15) is 0 Å². The number of hydrogen-bond acceptors (Lipinski definition) is 2. The topological polar surface area (TPSA) is 32.3 Å². The molecule has 3 atom stereocenters. The number of carbonyl (C=O) groups excluding carboxylic acids is 1. The minimum Gasteiger partial charge on any atom is -0.341 e. The standard InChI is InChI=1S/C11H18N2O/c14-11-10-5-8(10)6-13(11)7-9-3-1-2-4-12-9/h8-10,12H,1-7H2. The quantitative estimate of drug-likeness (QED) is 0.698. The molecule has 0 aromatic heterocycles. The van der Waals surface area contributed by atoms with Gasteiger partial charge in [0, 0.05) is 25.0 Å². The summed E-state index contributed by atoms with van der Waals surface area (Å²) in [4.78, 5) is 13.8. The minimum atomic E-state index is 0.429. The lowest BCUT2D eigenvalue weighted by atomic mass is 10.0. The Hall–Kier alpha value is -0.570.